The minimum absolute atomic E-state index is 0.0164. The van der Waals surface area contributed by atoms with Crippen LogP contribution in [0, 0.1) is 11.8 Å². The van der Waals surface area contributed by atoms with Crippen LogP contribution in [0.3, 0.4) is 0 Å². The molecular formula is C18H26N4OS. The number of thiazole rings is 1. The van der Waals surface area contributed by atoms with E-state index in [2.05, 4.69) is 42.6 Å². The Hall–Kier alpha value is -1.82. The van der Waals surface area contributed by atoms with Crippen molar-refractivity contribution in [2.24, 2.45) is 11.8 Å². The van der Waals surface area contributed by atoms with Gasteiger partial charge in [-0.1, -0.05) is 27.7 Å². The van der Waals surface area contributed by atoms with Crippen molar-refractivity contribution in [1.29, 1.82) is 0 Å². The van der Waals surface area contributed by atoms with Gasteiger partial charge in [0.05, 0.1) is 6.20 Å². The van der Waals surface area contributed by atoms with Gasteiger partial charge < -0.3 is 4.90 Å². The molecule has 0 unspecified atom stereocenters. The maximum atomic E-state index is 12.8. The fourth-order valence-electron chi connectivity index (χ4n) is 2.20. The van der Waals surface area contributed by atoms with Crippen molar-refractivity contribution in [1.82, 2.24) is 19.9 Å². The van der Waals surface area contributed by atoms with Gasteiger partial charge in [0.15, 0.2) is 0 Å². The van der Waals surface area contributed by atoms with Crippen molar-refractivity contribution in [3.63, 3.8) is 0 Å². The van der Waals surface area contributed by atoms with E-state index < -0.39 is 0 Å². The van der Waals surface area contributed by atoms with E-state index in [4.69, 9.17) is 0 Å². The smallest absolute Gasteiger partial charge is 0.273 e. The monoisotopic (exact) mass is 346 g/mol. The average Bonchev–Trinajstić information content (AvgIpc) is 3.04. The predicted molar refractivity (Wildman–Crippen MR) is 98.0 cm³/mol. The highest BCUT2D eigenvalue weighted by atomic mass is 32.1. The van der Waals surface area contributed by atoms with E-state index in [1.54, 1.807) is 18.6 Å². The molecule has 0 atom stereocenters. The minimum Gasteiger partial charge on any atom is -0.337 e. The molecule has 5 nitrogen and oxygen atoms in total. The molecule has 24 heavy (non-hydrogen) atoms. The fraction of sp³-hybridized carbons (Fsp3) is 0.556. The first-order valence-electron chi connectivity index (χ1n) is 8.48. The second-order valence-corrected chi connectivity index (χ2v) is 7.64. The number of nitrogens with zero attached hydrogens (tertiary/aromatic N) is 4. The first-order chi connectivity index (χ1) is 11.5. The number of rotatable bonds is 8. The first-order valence-corrected chi connectivity index (χ1v) is 9.36. The molecule has 0 aliphatic heterocycles. The third-order valence-corrected chi connectivity index (χ3v) is 4.61. The Balaban J connectivity index is 2.11. The molecule has 2 aromatic heterocycles. The van der Waals surface area contributed by atoms with E-state index in [1.807, 2.05) is 10.3 Å². The van der Waals surface area contributed by atoms with Crippen molar-refractivity contribution >= 4 is 17.2 Å². The van der Waals surface area contributed by atoms with Crippen LogP contribution in [0.2, 0.25) is 0 Å². The van der Waals surface area contributed by atoms with Gasteiger partial charge in [-0.15, -0.1) is 11.3 Å². The van der Waals surface area contributed by atoms with Crippen LogP contribution in [0.15, 0.2) is 24.0 Å². The molecule has 0 N–H and O–H groups in total. The van der Waals surface area contributed by atoms with Gasteiger partial charge in [-0.3, -0.25) is 14.8 Å². The molecule has 0 aliphatic carbocycles. The van der Waals surface area contributed by atoms with Crippen LogP contribution in [-0.4, -0.2) is 38.8 Å². The summed E-state index contributed by atoms with van der Waals surface area (Å²) in [6.45, 7) is 10.3. The van der Waals surface area contributed by atoms with Gasteiger partial charge in [0, 0.05) is 30.9 Å². The van der Waals surface area contributed by atoms with Crippen molar-refractivity contribution in [3.8, 4) is 10.7 Å². The zero-order valence-electron chi connectivity index (χ0n) is 14.9. The average molecular weight is 347 g/mol. The molecule has 0 spiro atoms. The number of carbonyl (C=O) groups is 1. The summed E-state index contributed by atoms with van der Waals surface area (Å²) in [6, 6.07) is 0. The van der Waals surface area contributed by atoms with Crippen molar-refractivity contribution < 1.29 is 4.79 Å². The highest BCUT2D eigenvalue weighted by Crippen LogP contribution is 2.22. The Morgan fingerprint density at radius 3 is 2.33 bits per heavy atom. The van der Waals surface area contributed by atoms with Crippen molar-refractivity contribution in [3.05, 3.63) is 29.7 Å². The number of hydrogen-bond acceptors (Lipinski definition) is 5. The third-order valence-electron chi connectivity index (χ3n) is 3.75. The molecular weight excluding hydrogens is 320 g/mol. The SMILES string of the molecule is CC(C)CCN(CCC(C)C)C(=O)c1csc(-c2cnccn2)n1. The zero-order valence-corrected chi connectivity index (χ0v) is 15.7. The molecule has 0 saturated carbocycles. The van der Waals surface area contributed by atoms with E-state index >= 15 is 0 Å². The molecule has 2 aromatic rings. The second kappa shape index (κ2) is 8.87. The summed E-state index contributed by atoms with van der Waals surface area (Å²) in [7, 11) is 0. The third kappa shape index (κ3) is 5.37. The Bertz CT molecular complexity index is 627. The number of carbonyl (C=O) groups excluding carboxylic acids is 1. The molecule has 130 valence electrons. The molecule has 0 radical (unpaired) electrons. The number of hydrogen-bond donors (Lipinski definition) is 0. The number of amides is 1. The van der Waals surface area contributed by atoms with E-state index in [1.165, 1.54) is 11.3 Å². The normalized spacial score (nSPS) is 11.2. The molecule has 1 amide bonds. The molecule has 2 heterocycles. The van der Waals surface area contributed by atoms with Crippen LogP contribution in [0.5, 0.6) is 0 Å². The highest BCUT2D eigenvalue weighted by molar-refractivity contribution is 7.13. The van der Waals surface area contributed by atoms with Gasteiger partial charge in [0.1, 0.15) is 16.4 Å². The molecule has 2 rings (SSSR count). The summed E-state index contributed by atoms with van der Waals surface area (Å²) in [5, 5.41) is 2.56. The first kappa shape index (κ1) is 18.5. The lowest BCUT2D eigenvalue weighted by Gasteiger charge is -2.23. The van der Waals surface area contributed by atoms with Gasteiger partial charge in [0.25, 0.3) is 5.91 Å². The summed E-state index contributed by atoms with van der Waals surface area (Å²) < 4.78 is 0. The van der Waals surface area contributed by atoms with Crippen LogP contribution in [0.4, 0.5) is 0 Å². The van der Waals surface area contributed by atoms with E-state index in [0.29, 0.717) is 23.2 Å². The topological polar surface area (TPSA) is 59.0 Å². The Morgan fingerprint density at radius 1 is 1.12 bits per heavy atom. The molecule has 0 aromatic carbocycles. The Labute approximate surface area is 148 Å². The highest BCUT2D eigenvalue weighted by Gasteiger charge is 2.20. The van der Waals surface area contributed by atoms with Crippen molar-refractivity contribution in [2.75, 3.05) is 13.1 Å². The lowest BCUT2D eigenvalue weighted by atomic mass is 10.1. The van der Waals surface area contributed by atoms with Gasteiger partial charge in [-0.2, -0.15) is 0 Å². The minimum atomic E-state index is 0.0164. The maximum Gasteiger partial charge on any atom is 0.273 e. The van der Waals surface area contributed by atoms with E-state index in [0.717, 1.165) is 30.9 Å². The standard InChI is InChI=1S/C18H26N4OS/c1-13(2)5-9-22(10-6-14(3)4)18(23)16-12-24-17(21-16)15-11-19-7-8-20-15/h7-8,11-14H,5-6,9-10H2,1-4H3. The van der Waals surface area contributed by atoms with E-state index in [9.17, 15) is 4.79 Å². The quantitative estimate of drug-likeness (QED) is 0.721. The van der Waals surface area contributed by atoms with Crippen LogP contribution in [0.25, 0.3) is 10.7 Å². The lowest BCUT2D eigenvalue weighted by Crippen LogP contribution is -2.34. The predicted octanol–water partition coefficient (Wildman–Crippen LogP) is 4.13. The maximum absolute atomic E-state index is 12.8. The Morgan fingerprint density at radius 2 is 1.79 bits per heavy atom. The van der Waals surface area contributed by atoms with Gasteiger partial charge in [-0.25, -0.2) is 4.98 Å². The summed E-state index contributed by atoms with van der Waals surface area (Å²) in [5.74, 6) is 1.16. The van der Waals surface area contributed by atoms with Gasteiger partial charge >= 0.3 is 0 Å². The fourth-order valence-corrected chi connectivity index (χ4v) is 2.96. The van der Waals surface area contributed by atoms with Crippen LogP contribution < -0.4 is 0 Å². The lowest BCUT2D eigenvalue weighted by molar-refractivity contribution is 0.0736. The summed E-state index contributed by atoms with van der Waals surface area (Å²) in [5.41, 5.74) is 1.21. The molecule has 0 aliphatic rings. The summed E-state index contributed by atoms with van der Waals surface area (Å²) in [4.78, 5) is 27.6. The van der Waals surface area contributed by atoms with Gasteiger partial charge in [-0.05, 0) is 24.7 Å². The Kier molecular flexibility index (Phi) is 6.85. The van der Waals surface area contributed by atoms with Crippen molar-refractivity contribution in [2.45, 2.75) is 40.5 Å². The number of aromatic nitrogens is 3. The second-order valence-electron chi connectivity index (χ2n) is 6.79. The largest absolute Gasteiger partial charge is 0.337 e. The molecule has 0 bridgehead atoms. The van der Waals surface area contributed by atoms with E-state index in [-0.39, 0.29) is 5.91 Å². The molecule has 6 heteroatoms. The zero-order chi connectivity index (χ0) is 17.5. The van der Waals surface area contributed by atoms with Gasteiger partial charge in [0.2, 0.25) is 0 Å². The van der Waals surface area contributed by atoms with Crippen LogP contribution >= 0.6 is 11.3 Å². The molecule has 0 fully saturated rings. The van der Waals surface area contributed by atoms with Crippen LogP contribution in [-0.2, 0) is 0 Å². The summed E-state index contributed by atoms with van der Waals surface area (Å²) >= 11 is 1.44. The summed E-state index contributed by atoms with van der Waals surface area (Å²) in [6.07, 6.45) is 6.94. The molecule has 0 saturated heterocycles. The van der Waals surface area contributed by atoms with Crippen LogP contribution in [0.1, 0.15) is 51.0 Å².